The fourth-order valence-electron chi connectivity index (χ4n) is 1.23. The Kier molecular flexibility index (Phi) is 5.67. The number of nitro benzene ring substituents is 1. The number of nitrogens with zero attached hydrogens (tertiary/aromatic N) is 1. The van der Waals surface area contributed by atoms with E-state index in [1.54, 1.807) is 12.1 Å². The van der Waals surface area contributed by atoms with Crippen molar-refractivity contribution in [3.05, 3.63) is 39.9 Å². The third kappa shape index (κ3) is 4.38. The minimum absolute atomic E-state index is 0.120. The van der Waals surface area contributed by atoms with E-state index in [1.807, 2.05) is 0 Å². The number of rotatable bonds is 5. The molecule has 1 aromatic carbocycles. The van der Waals surface area contributed by atoms with E-state index in [2.05, 4.69) is 5.32 Å². The second-order valence-corrected chi connectivity index (χ2v) is 4.64. The van der Waals surface area contributed by atoms with Crippen molar-refractivity contribution < 1.29 is 9.72 Å². The van der Waals surface area contributed by atoms with Crippen molar-refractivity contribution in [1.29, 1.82) is 0 Å². The molecule has 1 amide bonds. The number of carbonyl (C=O) groups is 1. The van der Waals surface area contributed by atoms with E-state index in [-0.39, 0.29) is 17.3 Å². The number of halogens is 1. The van der Waals surface area contributed by atoms with Crippen LogP contribution < -0.4 is 5.32 Å². The Bertz CT molecular complexity index is 491. The predicted molar refractivity (Wildman–Crippen MR) is 73.1 cm³/mol. The summed E-state index contributed by atoms with van der Waals surface area (Å²) < 4.78 is 0. The van der Waals surface area contributed by atoms with E-state index in [9.17, 15) is 14.9 Å². The molecule has 0 aliphatic heterocycles. The van der Waals surface area contributed by atoms with Crippen LogP contribution in [0.2, 0.25) is 0 Å². The van der Waals surface area contributed by atoms with Crippen molar-refractivity contribution in [2.45, 2.75) is 11.8 Å². The molecule has 0 bridgehead atoms. The summed E-state index contributed by atoms with van der Waals surface area (Å²) in [6.45, 7) is 1.30. The van der Waals surface area contributed by atoms with Crippen molar-refractivity contribution in [1.82, 2.24) is 0 Å². The van der Waals surface area contributed by atoms with Gasteiger partial charge in [0.1, 0.15) is 5.69 Å². The van der Waals surface area contributed by atoms with Gasteiger partial charge in [0.25, 0.3) is 5.69 Å². The second kappa shape index (κ2) is 7.03. The molecule has 0 radical (unpaired) electrons. The Balaban J connectivity index is 2.95. The molecule has 5 nitrogen and oxygen atoms in total. The first-order valence-electron chi connectivity index (χ1n) is 4.98. The lowest BCUT2D eigenvalue weighted by molar-refractivity contribution is -0.384. The summed E-state index contributed by atoms with van der Waals surface area (Å²) >= 11 is 6.80. The molecule has 1 aromatic rings. The van der Waals surface area contributed by atoms with Gasteiger partial charge in [0, 0.05) is 29.2 Å². The first-order chi connectivity index (χ1) is 8.54. The molecule has 18 heavy (non-hydrogen) atoms. The average molecular weight is 287 g/mol. The third-order valence-corrected chi connectivity index (χ3v) is 3.04. The van der Waals surface area contributed by atoms with Crippen molar-refractivity contribution >= 4 is 40.6 Å². The number of hydrogen-bond acceptors (Lipinski definition) is 4. The maximum Gasteiger partial charge on any atom is 0.293 e. The topological polar surface area (TPSA) is 72.2 Å². The zero-order valence-electron chi connectivity index (χ0n) is 9.55. The fraction of sp³-hybridized carbons (Fsp3) is 0.182. The van der Waals surface area contributed by atoms with Crippen molar-refractivity contribution in [3.63, 3.8) is 0 Å². The number of carbonyl (C=O) groups excluding carboxylic acids is 1. The van der Waals surface area contributed by atoms with Gasteiger partial charge in [-0.15, -0.1) is 11.8 Å². The first-order valence-corrected chi connectivity index (χ1v) is 6.41. The molecular weight excluding hydrogens is 276 g/mol. The Morgan fingerprint density at radius 1 is 1.61 bits per heavy atom. The van der Waals surface area contributed by atoms with Crippen LogP contribution in [0.3, 0.4) is 0 Å². The van der Waals surface area contributed by atoms with E-state index in [4.69, 9.17) is 11.6 Å². The normalized spacial score (nSPS) is 10.6. The number of benzene rings is 1. The highest BCUT2D eigenvalue weighted by Gasteiger charge is 2.15. The Labute approximate surface area is 113 Å². The SMILES string of the molecule is CC(=O)Nc1ccc(SCC=CCl)cc1[N+](=O)[O-]. The lowest BCUT2D eigenvalue weighted by Crippen LogP contribution is -2.07. The highest BCUT2D eigenvalue weighted by molar-refractivity contribution is 7.99. The zero-order valence-corrected chi connectivity index (χ0v) is 11.1. The number of nitrogens with one attached hydrogen (secondary N) is 1. The quantitative estimate of drug-likeness (QED) is 0.511. The number of nitro groups is 1. The van der Waals surface area contributed by atoms with Gasteiger partial charge in [-0.2, -0.15) is 0 Å². The first kappa shape index (κ1) is 14.5. The largest absolute Gasteiger partial charge is 0.321 e. The van der Waals surface area contributed by atoms with Crippen LogP contribution in [0.4, 0.5) is 11.4 Å². The summed E-state index contributed by atoms with van der Waals surface area (Å²) in [6, 6.07) is 4.66. The van der Waals surface area contributed by atoms with Crippen LogP contribution in [-0.4, -0.2) is 16.6 Å². The molecule has 0 aliphatic carbocycles. The van der Waals surface area contributed by atoms with Crippen LogP contribution in [-0.2, 0) is 4.79 Å². The molecule has 96 valence electrons. The van der Waals surface area contributed by atoms with Gasteiger partial charge >= 0.3 is 0 Å². The zero-order chi connectivity index (χ0) is 13.5. The van der Waals surface area contributed by atoms with Gasteiger partial charge in [-0.1, -0.05) is 17.7 Å². The monoisotopic (exact) mass is 286 g/mol. The molecule has 0 unspecified atom stereocenters. The van der Waals surface area contributed by atoms with Crippen LogP contribution in [0.5, 0.6) is 0 Å². The number of thioether (sulfide) groups is 1. The van der Waals surface area contributed by atoms with Gasteiger partial charge in [0.2, 0.25) is 5.91 Å². The molecule has 1 rings (SSSR count). The minimum Gasteiger partial charge on any atom is -0.321 e. The Morgan fingerprint density at radius 2 is 2.33 bits per heavy atom. The molecule has 1 N–H and O–H groups in total. The van der Waals surface area contributed by atoms with Gasteiger partial charge in [-0.05, 0) is 12.1 Å². The van der Waals surface area contributed by atoms with Crippen LogP contribution in [0.15, 0.2) is 34.7 Å². The maximum atomic E-state index is 10.9. The summed E-state index contributed by atoms with van der Waals surface area (Å²) in [5.41, 5.74) is 1.47. The van der Waals surface area contributed by atoms with Gasteiger partial charge in [0.05, 0.1) is 4.92 Å². The van der Waals surface area contributed by atoms with E-state index < -0.39 is 4.92 Å². The molecule has 0 spiro atoms. The Hall–Kier alpha value is -1.53. The molecule has 0 fully saturated rings. The predicted octanol–water partition coefficient (Wildman–Crippen LogP) is 3.40. The molecular formula is C11H11ClN2O3S. The summed E-state index contributed by atoms with van der Waals surface area (Å²) in [7, 11) is 0. The molecule has 0 aromatic heterocycles. The van der Waals surface area contributed by atoms with Crippen molar-refractivity contribution in [2.75, 3.05) is 11.1 Å². The molecule has 0 heterocycles. The molecule has 0 atom stereocenters. The van der Waals surface area contributed by atoms with Crippen LogP contribution in [0, 0.1) is 10.1 Å². The smallest absolute Gasteiger partial charge is 0.293 e. The van der Waals surface area contributed by atoms with E-state index >= 15 is 0 Å². The summed E-state index contributed by atoms with van der Waals surface area (Å²) in [5.74, 6) is 0.281. The van der Waals surface area contributed by atoms with Gasteiger partial charge in [0.15, 0.2) is 0 Å². The molecule has 0 saturated heterocycles. The highest BCUT2D eigenvalue weighted by Crippen LogP contribution is 2.30. The van der Waals surface area contributed by atoms with Crippen LogP contribution >= 0.6 is 23.4 Å². The number of hydrogen-bond donors (Lipinski definition) is 1. The van der Waals surface area contributed by atoms with E-state index in [0.717, 1.165) is 4.90 Å². The third-order valence-electron chi connectivity index (χ3n) is 1.91. The summed E-state index contributed by atoms with van der Waals surface area (Å²) in [6.07, 6.45) is 1.74. The average Bonchev–Trinajstić information content (AvgIpc) is 2.30. The number of anilines is 1. The standard InChI is InChI=1S/C11H11ClN2O3S/c1-8(15)13-10-4-3-9(18-6-2-5-12)7-11(10)14(16)17/h2-5,7H,6H2,1H3,(H,13,15). The maximum absolute atomic E-state index is 10.9. The van der Waals surface area contributed by atoms with Crippen molar-refractivity contribution in [2.24, 2.45) is 0 Å². The number of amides is 1. The summed E-state index contributed by atoms with van der Waals surface area (Å²) in [4.78, 5) is 22.0. The lowest BCUT2D eigenvalue weighted by Gasteiger charge is -2.05. The summed E-state index contributed by atoms with van der Waals surface area (Å²) in [5, 5.41) is 13.3. The van der Waals surface area contributed by atoms with Crippen molar-refractivity contribution in [3.8, 4) is 0 Å². The molecule has 0 saturated carbocycles. The van der Waals surface area contributed by atoms with Crippen LogP contribution in [0.25, 0.3) is 0 Å². The molecule has 7 heteroatoms. The highest BCUT2D eigenvalue weighted by atomic mass is 35.5. The minimum atomic E-state index is -0.521. The Morgan fingerprint density at radius 3 is 2.89 bits per heavy atom. The fourth-order valence-corrected chi connectivity index (χ4v) is 2.17. The van der Waals surface area contributed by atoms with Crippen LogP contribution in [0.1, 0.15) is 6.92 Å². The molecule has 0 aliphatic rings. The second-order valence-electron chi connectivity index (χ2n) is 3.29. The van der Waals surface area contributed by atoms with Gasteiger partial charge in [-0.25, -0.2) is 0 Å². The van der Waals surface area contributed by atoms with Gasteiger partial charge in [-0.3, -0.25) is 14.9 Å². The van der Waals surface area contributed by atoms with Gasteiger partial charge < -0.3 is 5.32 Å². The van der Waals surface area contributed by atoms with E-state index in [0.29, 0.717) is 5.75 Å². The lowest BCUT2D eigenvalue weighted by atomic mass is 10.2. The van der Waals surface area contributed by atoms with E-state index in [1.165, 1.54) is 36.4 Å².